The number of anilines is 2. The van der Waals surface area contributed by atoms with E-state index in [0.717, 1.165) is 44.0 Å². The van der Waals surface area contributed by atoms with Crippen LogP contribution in [0.1, 0.15) is 22.8 Å². The lowest BCUT2D eigenvalue weighted by Crippen LogP contribution is -2.46. The number of rotatable bonds is 6. The van der Waals surface area contributed by atoms with E-state index < -0.39 is 5.97 Å². The van der Waals surface area contributed by atoms with Crippen LogP contribution in [0, 0.1) is 0 Å². The zero-order chi connectivity index (χ0) is 17.6. The summed E-state index contributed by atoms with van der Waals surface area (Å²) in [6.07, 6.45) is 0. The summed E-state index contributed by atoms with van der Waals surface area (Å²) in [5.41, 5.74) is 3.19. The molecule has 0 spiro atoms. The topological polar surface area (TPSA) is 55.8 Å². The summed E-state index contributed by atoms with van der Waals surface area (Å²) in [5.74, 6) is -0.905. The second kappa shape index (κ2) is 8.03. The van der Waals surface area contributed by atoms with Crippen LogP contribution >= 0.6 is 0 Å². The quantitative estimate of drug-likeness (QED) is 0.847. The molecule has 1 fully saturated rings. The van der Waals surface area contributed by atoms with Crippen LogP contribution in [-0.4, -0.2) is 48.7 Å². The lowest BCUT2D eigenvalue weighted by atomic mass is 10.1. The molecule has 5 nitrogen and oxygen atoms in total. The van der Waals surface area contributed by atoms with Crippen LogP contribution < -0.4 is 10.2 Å². The van der Waals surface area contributed by atoms with E-state index in [1.165, 1.54) is 0 Å². The van der Waals surface area contributed by atoms with Gasteiger partial charge in [0.05, 0.1) is 11.3 Å². The molecule has 1 saturated heterocycles. The lowest BCUT2D eigenvalue weighted by molar-refractivity contribution is 0.0698. The van der Waals surface area contributed by atoms with Crippen LogP contribution in [0.3, 0.4) is 0 Å². The molecule has 0 bridgehead atoms. The number of hydrogen-bond acceptors (Lipinski definition) is 4. The van der Waals surface area contributed by atoms with Crippen molar-refractivity contribution in [2.75, 3.05) is 42.9 Å². The molecule has 5 heteroatoms. The molecule has 2 aromatic rings. The van der Waals surface area contributed by atoms with Crippen LogP contribution in [0.25, 0.3) is 0 Å². The highest BCUT2D eigenvalue weighted by Gasteiger charge is 2.18. The van der Waals surface area contributed by atoms with Gasteiger partial charge in [0.1, 0.15) is 0 Å². The minimum atomic E-state index is -0.905. The van der Waals surface area contributed by atoms with Gasteiger partial charge in [0.25, 0.3) is 0 Å². The third-order valence-electron chi connectivity index (χ3n) is 4.74. The predicted octanol–water partition coefficient (Wildman–Crippen LogP) is 3.14. The van der Waals surface area contributed by atoms with Gasteiger partial charge in [-0.05, 0) is 30.3 Å². The Morgan fingerprint density at radius 3 is 2.44 bits per heavy atom. The lowest BCUT2D eigenvalue weighted by Gasteiger charge is -2.35. The molecular weight excluding hydrogens is 314 g/mol. The van der Waals surface area contributed by atoms with E-state index in [1.54, 1.807) is 6.07 Å². The highest BCUT2D eigenvalue weighted by molar-refractivity contribution is 5.95. The summed E-state index contributed by atoms with van der Waals surface area (Å²) in [6, 6.07) is 15.6. The van der Waals surface area contributed by atoms with Crippen LogP contribution in [0.4, 0.5) is 11.4 Å². The minimum absolute atomic E-state index is 0.312. The monoisotopic (exact) mass is 339 g/mol. The van der Waals surface area contributed by atoms with E-state index in [9.17, 15) is 9.90 Å². The number of piperazine rings is 1. The maximum Gasteiger partial charge on any atom is 0.337 e. The van der Waals surface area contributed by atoms with Gasteiger partial charge < -0.3 is 20.2 Å². The molecule has 2 N–H and O–H groups in total. The first-order valence-corrected chi connectivity index (χ1v) is 8.80. The summed E-state index contributed by atoms with van der Waals surface area (Å²) in [5, 5.41) is 12.8. The van der Waals surface area contributed by atoms with Crippen molar-refractivity contribution in [1.82, 2.24) is 4.90 Å². The van der Waals surface area contributed by atoms with Crippen molar-refractivity contribution in [2.45, 2.75) is 13.5 Å². The first kappa shape index (κ1) is 17.3. The van der Waals surface area contributed by atoms with Gasteiger partial charge in [-0.15, -0.1) is 0 Å². The predicted molar refractivity (Wildman–Crippen MR) is 101 cm³/mol. The average Bonchev–Trinajstić information content (AvgIpc) is 2.67. The fraction of sp³-hybridized carbons (Fsp3) is 0.350. The van der Waals surface area contributed by atoms with Gasteiger partial charge in [0, 0.05) is 38.4 Å². The first-order chi connectivity index (χ1) is 12.2. The Labute approximate surface area is 148 Å². The molecule has 1 aliphatic rings. The van der Waals surface area contributed by atoms with Gasteiger partial charge in [-0.1, -0.05) is 37.3 Å². The van der Waals surface area contributed by atoms with E-state index >= 15 is 0 Å². The van der Waals surface area contributed by atoms with Crippen LogP contribution in [0.2, 0.25) is 0 Å². The third-order valence-corrected chi connectivity index (χ3v) is 4.74. The Hall–Kier alpha value is -2.53. The maximum atomic E-state index is 11.5. The highest BCUT2D eigenvalue weighted by Crippen LogP contribution is 2.25. The number of carboxylic acids is 1. The molecule has 0 amide bonds. The number of nitrogens with zero attached hydrogens (tertiary/aromatic N) is 2. The van der Waals surface area contributed by atoms with Crippen molar-refractivity contribution in [1.29, 1.82) is 0 Å². The van der Waals surface area contributed by atoms with Crippen LogP contribution in [0.15, 0.2) is 48.5 Å². The smallest absolute Gasteiger partial charge is 0.337 e. The second-order valence-corrected chi connectivity index (χ2v) is 6.30. The van der Waals surface area contributed by atoms with E-state index in [0.29, 0.717) is 17.8 Å². The molecular formula is C20H25N3O2. The molecule has 0 saturated carbocycles. The Bertz CT molecular complexity index is 710. The molecule has 0 radical (unpaired) electrons. The second-order valence-electron chi connectivity index (χ2n) is 6.30. The van der Waals surface area contributed by atoms with Crippen LogP contribution in [-0.2, 0) is 6.54 Å². The fourth-order valence-corrected chi connectivity index (χ4v) is 3.18. The van der Waals surface area contributed by atoms with Gasteiger partial charge >= 0.3 is 5.97 Å². The molecule has 132 valence electrons. The largest absolute Gasteiger partial charge is 0.478 e. The Morgan fingerprint density at radius 1 is 1.08 bits per heavy atom. The van der Waals surface area contributed by atoms with Crippen molar-refractivity contribution in [3.8, 4) is 0 Å². The number of hydrogen-bond donors (Lipinski definition) is 2. The Kier molecular flexibility index (Phi) is 5.56. The minimum Gasteiger partial charge on any atom is -0.478 e. The molecule has 1 aliphatic heterocycles. The molecule has 1 heterocycles. The molecule has 0 unspecified atom stereocenters. The van der Waals surface area contributed by atoms with Crippen molar-refractivity contribution < 1.29 is 9.90 Å². The third kappa shape index (κ3) is 4.31. The first-order valence-electron chi connectivity index (χ1n) is 8.80. The zero-order valence-electron chi connectivity index (χ0n) is 14.6. The van der Waals surface area contributed by atoms with E-state index in [2.05, 4.69) is 22.0 Å². The van der Waals surface area contributed by atoms with Gasteiger partial charge in [-0.2, -0.15) is 0 Å². The Morgan fingerprint density at radius 2 is 1.80 bits per heavy atom. The molecule has 0 aromatic heterocycles. The SMILES string of the molecule is CCN1CCN(c2ccc(C(=O)O)c(NCc3ccccc3)c2)CC1. The van der Waals surface area contributed by atoms with Gasteiger partial charge in [-0.25, -0.2) is 4.79 Å². The average molecular weight is 339 g/mol. The molecule has 25 heavy (non-hydrogen) atoms. The highest BCUT2D eigenvalue weighted by atomic mass is 16.4. The molecule has 3 rings (SSSR count). The van der Waals surface area contributed by atoms with Crippen LogP contribution in [0.5, 0.6) is 0 Å². The van der Waals surface area contributed by atoms with Crippen molar-refractivity contribution in [2.24, 2.45) is 0 Å². The van der Waals surface area contributed by atoms with E-state index in [1.807, 2.05) is 42.5 Å². The summed E-state index contributed by atoms with van der Waals surface area (Å²) in [4.78, 5) is 16.3. The fourth-order valence-electron chi connectivity index (χ4n) is 3.18. The summed E-state index contributed by atoms with van der Waals surface area (Å²) in [7, 11) is 0. The number of nitrogens with one attached hydrogen (secondary N) is 1. The number of aromatic carboxylic acids is 1. The van der Waals surface area contributed by atoms with Crippen molar-refractivity contribution >= 4 is 17.3 Å². The standard InChI is InChI=1S/C20H25N3O2/c1-2-22-10-12-23(13-11-22)17-8-9-18(20(24)25)19(14-17)21-15-16-6-4-3-5-7-16/h3-9,14,21H,2,10-13,15H2,1H3,(H,24,25). The normalized spacial score (nSPS) is 15.2. The molecule has 0 aliphatic carbocycles. The van der Waals surface area contributed by atoms with E-state index in [-0.39, 0.29) is 0 Å². The number of likely N-dealkylation sites (N-methyl/N-ethyl adjacent to an activating group) is 1. The molecule has 2 aromatic carbocycles. The van der Waals surface area contributed by atoms with Crippen molar-refractivity contribution in [3.63, 3.8) is 0 Å². The summed E-state index contributed by atoms with van der Waals surface area (Å²) in [6.45, 7) is 7.90. The van der Waals surface area contributed by atoms with E-state index in [4.69, 9.17) is 0 Å². The zero-order valence-corrected chi connectivity index (χ0v) is 14.6. The summed E-state index contributed by atoms with van der Waals surface area (Å²) >= 11 is 0. The van der Waals surface area contributed by atoms with Gasteiger partial charge in [0.15, 0.2) is 0 Å². The number of carbonyl (C=O) groups is 1. The maximum absolute atomic E-state index is 11.5. The van der Waals surface area contributed by atoms with Gasteiger partial charge in [-0.3, -0.25) is 0 Å². The number of carboxylic acid groups (broad SMARTS) is 1. The van der Waals surface area contributed by atoms with Crippen molar-refractivity contribution in [3.05, 3.63) is 59.7 Å². The van der Waals surface area contributed by atoms with Gasteiger partial charge in [0.2, 0.25) is 0 Å². The number of benzene rings is 2. The summed E-state index contributed by atoms with van der Waals surface area (Å²) < 4.78 is 0. The Balaban J connectivity index is 1.76. The molecule has 0 atom stereocenters.